The smallest absolute Gasteiger partial charge is 0.420 e. The van der Waals surface area contributed by atoms with Crippen LogP contribution < -0.4 is 15.0 Å². The second-order valence-electron chi connectivity index (χ2n) is 8.42. The molecule has 4 heterocycles. The Morgan fingerprint density at radius 1 is 1.29 bits per heavy atom. The number of halogens is 3. The maximum absolute atomic E-state index is 12.9. The summed E-state index contributed by atoms with van der Waals surface area (Å²) in [5.41, 5.74) is -0.640. The van der Waals surface area contributed by atoms with E-state index >= 15 is 0 Å². The van der Waals surface area contributed by atoms with E-state index in [-0.39, 0.29) is 17.2 Å². The van der Waals surface area contributed by atoms with Gasteiger partial charge >= 0.3 is 5.57 Å². The monoisotopic (exact) mass is 503 g/mol. The molecule has 0 atom stereocenters. The summed E-state index contributed by atoms with van der Waals surface area (Å²) >= 11 is 4.76. The lowest BCUT2D eigenvalue weighted by molar-refractivity contribution is -0.0964. The van der Waals surface area contributed by atoms with Crippen LogP contribution in [0.15, 0.2) is 42.6 Å². The van der Waals surface area contributed by atoms with Gasteiger partial charge in [-0.25, -0.2) is 4.98 Å². The number of carbonyl (C=O) groups excluding carboxylic acids is 2. The topological polar surface area (TPSA) is 111 Å². The van der Waals surface area contributed by atoms with Gasteiger partial charge in [0.25, 0.3) is 11.8 Å². The van der Waals surface area contributed by atoms with Crippen molar-refractivity contribution in [1.29, 1.82) is 0 Å². The van der Waals surface area contributed by atoms with Gasteiger partial charge in [-0.3, -0.25) is 9.59 Å². The zero-order valence-electron chi connectivity index (χ0n) is 18.4. The second-order valence-corrected chi connectivity index (χ2v) is 8.86. The van der Waals surface area contributed by atoms with Crippen molar-refractivity contribution in [2.24, 2.45) is 0 Å². The van der Waals surface area contributed by atoms with E-state index in [9.17, 15) is 23.5 Å². The van der Waals surface area contributed by atoms with Crippen LogP contribution in [0.3, 0.4) is 0 Å². The Bertz CT molecular complexity index is 1300. The number of aliphatic hydroxyl groups is 1. The zero-order chi connectivity index (χ0) is 24.9. The van der Waals surface area contributed by atoms with Gasteiger partial charge < -0.3 is 29.9 Å². The van der Waals surface area contributed by atoms with Crippen molar-refractivity contribution in [1.82, 2.24) is 14.9 Å². The molecule has 2 aromatic heterocycles. The molecule has 3 aromatic rings. The maximum Gasteiger partial charge on any atom is 0.487 e. The highest BCUT2D eigenvalue weighted by atomic mass is 35.5. The number of anilines is 2. The predicted octanol–water partition coefficient (Wildman–Crippen LogP) is 3.26. The number of ether oxygens (including phenoxy) is 1. The third kappa shape index (κ3) is 4.64. The molecule has 9 nitrogen and oxygen atoms in total. The molecule has 5 rings (SSSR count). The van der Waals surface area contributed by atoms with Crippen LogP contribution in [-0.2, 0) is 6.54 Å². The summed E-state index contributed by atoms with van der Waals surface area (Å²) in [6.45, 7) is 1.29. The van der Waals surface area contributed by atoms with E-state index in [1.165, 1.54) is 30.5 Å². The zero-order valence-corrected chi connectivity index (χ0v) is 19.1. The van der Waals surface area contributed by atoms with Crippen LogP contribution in [0.5, 0.6) is 5.75 Å². The van der Waals surface area contributed by atoms with E-state index in [1.54, 1.807) is 18.0 Å². The average Bonchev–Trinajstić information content (AvgIpc) is 3.30. The van der Waals surface area contributed by atoms with E-state index in [0.717, 1.165) is 5.56 Å². The minimum Gasteiger partial charge on any atom is -0.420 e. The largest absolute Gasteiger partial charge is 0.487 e. The summed E-state index contributed by atoms with van der Waals surface area (Å²) < 4.78 is 29.8. The molecule has 0 unspecified atom stereocenters. The molecule has 0 spiro atoms. The first-order chi connectivity index (χ1) is 16.6. The Labute approximate surface area is 203 Å². The van der Waals surface area contributed by atoms with Gasteiger partial charge in [0.2, 0.25) is 0 Å². The third-order valence-electron chi connectivity index (χ3n) is 5.79. The highest BCUT2D eigenvalue weighted by Gasteiger charge is 2.32. The van der Waals surface area contributed by atoms with Crippen molar-refractivity contribution in [3.05, 3.63) is 59.4 Å². The molecule has 2 aliphatic rings. The Kier molecular flexibility index (Phi) is 5.60. The van der Waals surface area contributed by atoms with Gasteiger partial charge in [-0.05, 0) is 36.4 Å². The first-order valence-electron chi connectivity index (χ1n) is 10.7. The summed E-state index contributed by atoms with van der Waals surface area (Å²) in [5.74, 6) is -0.169. The van der Waals surface area contributed by atoms with E-state index in [2.05, 4.69) is 20.0 Å². The highest BCUT2D eigenvalue weighted by Crippen LogP contribution is 2.35. The number of nitrogens with one attached hydrogen (secondary N) is 2. The first kappa shape index (κ1) is 23.1. The molecule has 3 N–H and O–H groups in total. The fourth-order valence-corrected chi connectivity index (χ4v) is 4.17. The number of aromatic amines is 1. The predicted molar refractivity (Wildman–Crippen MR) is 124 cm³/mol. The molecular weight excluding hydrogens is 484 g/mol. The van der Waals surface area contributed by atoms with Crippen LogP contribution in [0.2, 0.25) is 0 Å². The van der Waals surface area contributed by atoms with E-state index in [4.69, 9.17) is 11.6 Å². The maximum atomic E-state index is 12.9. The number of rotatable bonds is 6. The average molecular weight is 504 g/mol. The molecule has 2 aliphatic heterocycles. The van der Waals surface area contributed by atoms with Crippen molar-refractivity contribution >= 4 is 34.9 Å². The minimum absolute atomic E-state index is 0.117. The normalized spacial score (nSPS) is 15.7. The summed E-state index contributed by atoms with van der Waals surface area (Å²) in [5, 5.41) is 12.4. The number of H-pyrrole nitrogens is 1. The van der Waals surface area contributed by atoms with E-state index in [0.29, 0.717) is 48.1 Å². The lowest BCUT2D eigenvalue weighted by Gasteiger charge is -2.37. The van der Waals surface area contributed by atoms with Gasteiger partial charge in [0.1, 0.15) is 17.3 Å². The van der Waals surface area contributed by atoms with Crippen molar-refractivity contribution in [3.8, 4) is 17.0 Å². The van der Waals surface area contributed by atoms with Gasteiger partial charge in [0.05, 0.1) is 17.4 Å². The van der Waals surface area contributed by atoms with Gasteiger partial charge in [0, 0.05) is 61.3 Å². The third-order valence-corrected chi connectivity index (χ3v) is 5.87. The lowest BCUT2D eigenvalue weighted by atomic mass is 10.1. The molecule has 1 fully saturated rings. The number of fused-ring (bicyclic) bond motifs is 1. The molecule has 0 aliphatic carbocycles. The Hall–Kier alpha value is -3.70. The van der Waals surface area contributed by atoms with Crippen molar-refractivity contribution < 1.29 is 28.2 Å². The number of pyridine rings is 1. The number of benzene rings is 1. The number of aliphatic hydroxyl groups excluding tert-OH is 1. The molecule has 12 heteroatoms. The molecule has 0 radical (unpaired) electrons. The molecule has 182 valence electrons. The molecule has 1 aromatic carbocycles. The number of alkyl halides is 3. The van der Waals surface area contributed by atoms with Crippen LogP contribution in [0.1, 0.15) is 26.4 Å². The van der Waals surface area contributed by atoms with Gasteiger partial charge in [0.15, 0.2) is 0 Å². The number of hydrogen-bond donors (Lipinski definition) is 3. The summed E-state index contributed by atoms with van der Waals surface area (Å²) in [4.78, 5) is 36.4. The van der Waals surface area contributed by atoms with Crippen LogP contribution in [0.25, 0.3) is 11.3 Å². The van der Waals surface area contributed by atoms with E-state index in [1.807, 2.05) is 11.0 Å². The number of hydrogen-bond acceptors (Lipinski definition) is 6. The Morgan fingerprint density at radius 3 is 2.63 bits per heavy atom. The SMILES string of the molecule is CN1Cc2cc(-c3cc(C(=O)Nc4ccc(OC(F)(F)Cl)cc4)cnc3N3CC(O)C3)[nH]c2C1=O. The van der Waals surface area contributed by atoms with Crippen LogP contribution in [0.4, 0.5) is 20.3 Å². The highest BCUT2D eigenvalue weighted by molar-refractivity contribution is 6.20. The molecule has 0 saturated carbocycles. The number of nitrogens with zero attached hydrogens (tertiary/aromatic N) is 3. The molecule has 35 heavy (non-hydrogen) atoms. The van der Waals surface area contributed by atoms with Crippen molar-refractivity contribution in [2.45, 2.75) is 18.2 Å². The molecular formula is C23H20ClF2N5O4. The van der Waals surface area contributed by atoms with Gasteiger partial charge in [-0.15, -0.1) is 8.78 Å². The number of β-amino-alcohol motifs (C(OH)–C–C–N with tert-alkyl or cyclic N) is 1. The standard InChI is InChI=1S/C23H20ClF2N5O4/c1-30-9-13-7-18(29-19(13)22(30)34)17-6-12(8-27-20(17)31-10-15(32)11-31)21(33)28-14-2-4-16(5-3-14)35-23(24,25)26/h2-8,15,29,32H,9-11H2,1H3,(H,28,33). The van der Waals surface area contributed by atoms with Crippen molar-refractivity contribution in [2.75, 3.05) is 30.4 Å². The Morgan fingerprint density at radius 2 is 2.00 bits per heavy atom. The summed E-state index contributed by atoms with van der Waals surface area (Å²) in [6, 6.07) is 8.82. The summed E-state index contributed by atoms with van der Waals surface area (Å²) in [7, 11) is 1.72. The number of carbonyl (C=O) groups is 2. The fourth-order valence-electron chi connectivity index (χ4n) is 4.08. The van der Waals surface area contributed by atoms with Crippen molar-refractivity contribution in [3.63, 3.8) is 0 Å². The van der Waals surface area contributed by atoms with E-state index < -0.39 is 17.6 Å². The van der Waals surface area contributed by atoms with Gasteiger partial charge in [-0.2, -0.15) is 0 Å². The van der Waals surface area contributed by atoms with Crippen LogP contribution in [0, 0.1) is 0 Å². The quantitative estimate of drug-likeness (QED) is 0.445. The number of aromatic nitrogens is 2. The lowest BCUT2D eigenvalue weighted by Crippen LogP contribution is -2.51. The Balaban J connectivity index is 1.41. The molecule has 1 saturated heterocycles. The molecule has 0 bridgehead atoms. The first-order valence-corrected chi connectivity index (χ1v) is 11.0. The minimum atomic E-state index is -3.83. The molecule has 2 amide bonds. The fraction of sp³-hybridized carbons (Fsp3) is 0.261. The van der Waals surface area contributed by atoms with Crippen LogP contribution in [-0.4, -0.2) is 63.6 Å². The second kappa shape index (κ2) is 8.51. The van der Waals surface area contributed by atoms with Gasteiger partial charge in [-0.1, -0.05) is 0 Å². The summed E-state index contributed by atoms with van der Waals surface area (Å²) in [6.07, 6.45) is 0.960. The number of amides is 2. The van der Waals surface area contributed by atoms with Crippen LogP contribution >= 0.6 is 11.6 Å².